The van der Waals surface area contributed by atoms with E-state index in [2.05, 4.69) is 9.97 Å². The van der Waals surface area contributed by atoms with Crippen molar-refractivity contribution in [2.24, 2.45) is 0 Å². The van der Waals surface area contributed by atoms with Crippen LogP contribution in [-0.4, -0.2) is 14.9 Å². The molecule has 2 heterocycles. The maximum Gasteiger partial charge on any atom is 0.406 e. The molecule has 0 radical (unpaired) electrons. The van der Waals surface area contributed by atoms with E-state index in [0.29, 0.717) is 16.4 Å². The van der Waals surface area contributed by atoms with Crippen molar-refractivity contribution >= 4 is 17.4 Å². The molecular formula is C12H10ClN3O3. The van der Waals surface area contributed by atoms with Gasteiger partial charge in [-0.25, -0.2) is 4.98 Å². The monoisotopic (exact) mass is 279 g/mol. The molecule has 0 atom stereocenters. The molecule has 0 unspecified atom stereocenters. The molecule has 0 spiro atoms. The molecule has 0 saturated carbocycles. The summed E-state index contributed by atoms with van der Waals surface area (Å²) in [6, 6.07) is 6.62. The van der Waals surface area contributed by atoms with Crippen LogP contribution in [0.3, 0.4) is 0 Å². The van der Waals surface area contributed by atoms with Crippen molar-refractivity contribution in [3.63, 3.8) is 0 Å². The SMILES string of the molecule is Cc1ccc(OCc2cccnc2Cl)c([N+](=O)[O-])n1. The Balaban J connectivity index is 2.20. The molecule has 0 aliphatic carbocycles. The average molecular weight is 280 g/mol. The molecule has 0 saturated heterocycles. The van der Waals surface area contributed by atoms with E-state index in [0.717, 1.165) is 0 Å². The van der Waals surface area contributed by atoms with Crippen molar-refractivity contribution in [3.05, 3.63) is 57.0 Å². The Kier molecular flexibility index (Phi) is 3.91. The third kappa shape index (κ3) is 3.17. The minimum Gasteiger partial charge on any atom is -0.481 e. The number of rotatable bonds is 4. The zero-order valence-corrected chi connectivity index (χ0v) is 10.8. The third-order valence-electron chi connectivity index (χ3n) is 2.37. The highest BCUT2D eigenvalue weighted by Crippen LogP contribution is 2.26. The minimum absolute atomic E-state index is 0.0955. The molecule has 0 amide bonds. The zero-order chi connectivity index (χ0) is 13.8. The van der Waals surface area contributed by atoms with Crippen molar-refractivity contribution in [1.29, 1.82) is 0 Å². The summed E-state index contributed by atoms with van der Waals surface area (Å²) in [5.74, 6) is -0.199. The fourth-order valence-electron chi connectivity index (χ4n) is 1.46. The Bertz CT molecular complexity index is 619. The molecule has 2 aromatic rings. The summed E-state index contributed by atoms with van der Waals surface area (Å²) in [5, 5.41) is 11.2. The summed E-state index contributed by atoms with van der Waals surface area (Å²) >= 11 is 5.88. The lowest BCUT2D eigenvalue weighted by molar-refractivity contribution is -0.390. The highest BCUT2D eigenvalue weighted by Gasteiger charge is 2.17. The van der Waals surface area contributed by atoms with Crippen LogP contribution in [0.1, 0.15) is 11.3 Å². The molecule has 2 aromatic heterocycles. The first-order chi connectivity index (χ1) is 9.08. The van der Waals surface area contributed by atoms with E-state index in [1.165, 1.54) is 6.07 Å². The van der Waals surface area contributed by atoms with Gasteiger partial charge in [0.15, 0.2) is 0 Å². The van der Waals surface area contributed by atoms with Gasteiger partial charge in [0.1, 0.15) is 17.5 Å². The predicted molar refractivity (Wildman–Crippen MR) is 69.2 cm³/mol. The maximum absolute atomic E-state index is 10.9. The van der Waals surface area contributed by atoms with Gasteiger partial charge < -0.3 is 14.9 Å². The minimum atomic E-state index is -0.576. The number of hydrogen-bond acceptors (Lipinski definition) is 5. The highest BCUT2D eigenvalue weighted by molar-refractivity contribution is 6.30. The van der Waals surface area contributed by atoms with Gasteiger partial charge in [-0.3, -0.25) is 0 Å². The summed E-state index contributed by atoms with van der Waals surface area (Å²) in [4.78, 5) is 18.0. The van der Waals surface area contributed by atoms with Gasteiger partial charge in [-0.2, -0.15) is 0 Å². The highest BCUT2D eigenvalue weighted by atomic mass is 35.5. The lowest BCUT2D eigenvalue weighted by atomic mass is 10.3. The molecule has 19 heavy (non-hydrogen) atoms. The zero-order valence-electron chi connectivity index (χ0n) is 10.0. The first-order valence-electron chi connectivity index (χ1n) is 5.42. The Morgan fingerprint density at radius 1 is 1.42 bits per heavy atom. The predicted octanol–water partition coefficient (Wildman–Crippen LogP) is 2.93. The molecule has 0 aliphatic rings. The number of nitrogens with zero attached hydrogens (tertiary/aromatic N) is 3. The van der Waals surface area contributed by atoms with Crippen LogP contribution < -0.4 is 4.74 Å². The van der Waals surface area contributed by atoms with Crippen LogP contribution in [0.15, 0.2) is 30.5 Å². The normalized spacial score (nSPS) is 10.2. The van der Waals surface area contributed by atoms with Gasteiger partial charge in [-0.05, 0) is 28.1 Å². The number of nitro groups is 1. The average Bonchev–Trinajstić information content (AvgIpc) is 2.38. The molecule has 7 heteroatoms. The number of aromatic nitrogens is 2. The third-order valence-corrected chi connectivity index (χ3v) is 2.71. The van der Waals surface area contributed by atoms with Crippen LogP contribution in [0.2, 0.25) is 5.15 Å². The van der Waals surface area contributed by atoms with Crippen molar-refractivity contribution < 1.29 is 9.66 Å². The van der Waals surface area contributed by atoms with Crippen molar-refractivity contribution in [1.82, 2.24) is 9.97 Å². The fraction of sp³-hybridized carbons (Fsp3) is 0.167. The van der Waals surface area contributed by atoms with Gasteiger partial charge in [0.25, 0.3) is 0 Å². The number of pyridine rings is 2. The van der Waals surface area contributed by atoms with E-state index < -0.39 is 4.92 Å². The van der Waals surface area contributed by atoms with E-state index in [4.69, 9.17) is 16.3 Å². The van der Waals surface area contributed by atoms with Gasteiger partial charge in [-0.15, -0.1) is 0 Å². The lowest BCUT2D eigenvalue weighted by Gasteiger charge is -2.07. The van der Waals surface area contributed by atoms with Gasteiger partial charge in [-0.1, -0.05) is 17.7 Å². The van der Waals surface area contributed by atoms with E-state index in [-0.39, 0.29) is 18.2 Å². The van der Waals surface area contributed by atoms with Crippen molar-refractivity contribution in [2.75, 3.05) is 0 Å². The molecule has 98 valence electrons. The van der Waals surface area contributed by atoms with Crippen LogP contribution in [0, 0.1) is 17.0 Å². The van der Waals surface area contributed by atoms with Gasteiger partial charge in [0, 0.05) is 18.7 Å². The van der Waals surface area contributed by atoms with E-state index in [9.17, 15) is 10.1 Å². The molecule has 0 N–H and O–H groups in total. The summed E-state index contributed by atoms with van der Waals surface area (Å²) in [6.45, 7) is 1.77. The second-order valence-electron chi connectivity index (χ2n) is 3.77. The topological polar surface area (TPSA) is 78.2 Å². The molecular weight excluding hydrogens is 270 g/mol. The summed E-state index contributed by atoms with van der Waals surface area (Å²) in [7, 11) is 0. The fourth-order valence-corrected chi connectivity index (χ4v) is 1.63. The molecule has 2 rings (SSSR count). The van der Waals surface area contributed by atoms with Crippen molar-refractivity contribution in [3.8, 4) is 5.75 Å². The largest absolute Gasteiger partial charge is 0.481 e. The Hall–Kier alpha value is -2.21. The quantitative estimate of drug-likeness (QED) is 0.488. The lowest BCUT2D eigenvalue weighted by Crippen LogP contribution is -2.02. The van der Waals surface area contributed by atoms with Crippen LogP contribution in [0.4, 0.5) is 5.82 Å². The number of ether oxygens (including phenoxy) is 1. The molecule has 6 nitrogen and oxygen atoms in total. The second-order valence-corrected chi connectivity index (χ2v) is 4.13. The number of aryl methyl sites for hydroxylation is 1. The van der Waals surface area contributed by atoms with Gasteiger partial charge >= 0.3 is 5.82 Å². The molecule has 0 aromatic carbocycles. The second kappa shape index (κ2) is 5.62. The number of halogens is 1. The van der Waals surface area contributed by atoms with E-state index >= 15 is 0 Å². The van der Waals surface area contributed by atoms with E-state index in [1.54, 1.807) is 31.3 Å². The first kappa shape index (κ1) is 13.2. The Morgan fingerprint density at radius 3 is 2.89 bits per heavy atom. The van der Waals surface area contributed by atoms with Crippen LogP contribution in [-0.2, 0) is 6.61 Å². The van der Waals surface area contributed by atoms with E-state index in [1.807, 2.05) is 0 Å². The summed E-state index contributed by atoms with van der Waals surface area (Å²) in [5.41, 5.74) is 1.21. The Morgan fingerprint density at radius 2 is 2.21 bits per heavy atom. The molecule has 0 bridgehead atoms. The summed E-state index contributed by atoms with van der Waals surface area (Å²) < 4.78 is 5.39. The van der Waals surface area contributed by atoms with Gasteiger partial charge in [0.2, 0.25) is 5.75 Å². The first-order valence-corrected chi connectivity index (χ1v) is 5.80. The number of hydrogen-bond donors (Lipinski definition) is 0. The van der Waals surface area contributed by atoms with Crippen molar-refractivity contribution in [2.45, 2.75) is 13.5 Å². The summed E-state index contributed by atoms with van der Waals surface area (Å²) in [6.07, 6.45) is 1.56. The standard InChI is InChI=1S/C12H10ClN3O3/c1-8-4-5-10(12(15-8)16(17)18)19-7-9-3-2-6-14-11(9)13/h2-6H,7H2,1H3. The maximum atomic E-state index is 10.9. The smallest absolute Gasteiger partial charge is 0.406 e. The van der Waals surface area contributed by atoms with Crippen LogP contribution in [0.5, 0.6) is 5.75 Å². The molecule has 0 aliphatic heterocycles. The Labute approximate surface area is 114 Å². The van der Waals surface area contributed by atoms with Crippen LogP contribution in [0.25, 0.3) is 0 Å². The van der Waals surface area contributed by atoms with Crippen LogP contribution >= 0.6 is 11.6 Å². The molecule has 0 fully saturated rings. The van der Waals surface area contributed by atoms with Gasteiger partial charge in [0.05, 0.1) is 0 Å².